The molecule has 1 saturated heterocycles. The van der Waals surface area contributed by atoms with E-state index in [9.17, 15) is 8.42 Å². The van der Waals surface area contributed by atoms with Gasteiger partial charge in [-0.2, -0.15) is 4.31 Å². The van der Waals surface area contributed by atoms with Gasteiger partial charge < -0.3 is 4.90 Å². The SMILES string of the molecule is Cc1cc(S(=O)(=O)N2CCN(c3cnccn3)CC2)c(C)cc1Cl. The van der Waals surface area contributed by atoms with Crippen LogP contribution in [0.15, 0.2) is 35.6 Å². The smallest absolute Gasteiger partial charge is 0.243 e. The van der Waals surface area contributed by atoms with Crippen molar-refractivity contribution in [2.45, 2.75) is 18.7 Å². The molecule has 1 aliphatic rings. The van der Waals surface area contributed by atoms with E-state index < -0.39 is 10.0 Å². The van der Waals surface area contributed by atoms with Crippen LogP contribution in [0.2, 0.25) is 5.02 Å². The van der Waals surface area contributed by atoms with Crippen LogP contribution in [-0.2, 0) is 10.0 Å². The van der Waals surface area contributed by atoms with E-state index in [1.54, 1.807) is 37.6 Å². The third kappa shape index (κ3) is 3.24. The van der Waals surface area contributed by atoms with E-state index in [4.69, 9.17) is 11.6 Å². The van der Waals surface area contributed by atoms with Gasteiger partial charge in [-0.3, -0.25) is 4.98 Å². The normalized spacial score (nSPS) is 16.4. The molecule has 2 heterocycles. The number of nitrogens with zero attached hydrogens (tertiary/aromatic N) is 4. The lowest BCUT2D eigenvalue weighted by Gasteiger charge is -2.34. The molecule has 1 aliphatic heterocycles. The van der Waals surface area contributed by atoms with Gasteiger partial charge in [-0.25, -0.2) is 13.4 Å². The molecule has 2 aromatic rings. The van der Waals surface area contributed by atoms with E-state index in [0.717, 1.165) is 11.4 Å². The van der Waals surface area contributed by atoms with Gasteiger partial charge in [0.05, 0.1) is 11.1 Å². The maximum absolute atomic E-state index is 13.0. The Morgan fingerprint density at radius 3 is 2.38 bits per heavy atom. The lowest BCUT2D eigenvalue weighted by molar-refractivity contribution is 0.383. The zero-order chi connectivity index (χ0) is 17.3. The Hall–Kier alpha value is -1.70. The topological polar surface area (TPSA) is 66.4 Å². The summed E-state index contributed by atoms with van der Waals surface area (Å²) in [5, 5.41) is 0.582. The molecule has 0 amide bonds. The maximum atomic E-state index is 13.0. The van der Waals surface area contributed by atoms with Crippen LogP contribution in [0.4, 0.5) is 5.82 Å². The molecular weight excluding hydrogens is 348 g/mol. The minimum atomic E-state index is -3.53. The van der Waals surface area contributed by atoms with Crippen LogP contribution in [0.3, 0.4) is 0 Å². The van der Waals surface area contributed by atoms with Crippen LogP contribution in [0.1, 0.15) is 11.1 Å². The molecule has 0 saturated carbocycles. The van der Waals surface area contributed by atoms with Crippen molar-refractivity contribution in [1.82, 2.24) is 14.3 Å². The number of aryl methyl sites for hydroxylation is 2. The minimum Gasteiger partial charge on any atom is -0.353 e. The molecule has 1 aromatic heterocycles. The predicted octanol–water partition coefficient (Wildman–Crippen LogP) is 2.26. The molecule has 128 valence electrons. The lowest BCUT2D eigenvalue weighted by Crippen LogP contribution is -2.49. The second kappa shape index (κ2) is 6.66. The number of benzene rings is 1. The van der Waals surface area contributed by atoms with Gasteiger partial charge in [-0.05, 0) is 37.1 Å². The average Bonchev–Trinajstić information content (AvgIpc) is 2.59. The van der Waals surface area contributed by atoms with E-state index >= 15 is 0 Å². The lowest BCUT2D eigenvalue weighted by atomic mass is 10.2. The van der Waals surface area contributed by atoms with Gasteiger partial charge >= 0.3 is 0 Å². The number of hydrogen-bond donors (Lipinski definition) is 0. The Morgan fingerprint density at radius 2 is 1.75 bits per heavy atom. The first-order chi connectivity index (χ1) is 11.4. The molecule has 0 unspecified atom stereocenters. The molecule has 1 fully saturated rings. The zero-order valence-corrected chi connectivity index (χ0v) is 15.2. The second-order valence-electron chi connectivity index (χ2n) is 5.82. The highest BCUT2D eigenvalue weighted by Gasteiger charge is 2.30. The van der Waals surface area contributed by atoms with Crippen LogP contribution in [0.5, 0.6) is 0 Å². The Kier molecular flexibility index (Phi) is 4.76. The molecule has 0 radical (unpaired) electrons. The number of anilines is 1. The molecule has 0 aliphatic carbocycles. The summed E-state index contributed by atoms with van der Waals surface area (Å²) in [5.74, 6) is 0.771. The third-order valence-electron chi connectivity index (χ3n) is 4.19. The Bertz CT molecular complexity index is 835. The highest BCUT2D eigenvalue weighted by molar-refractivity contribution is 7.89. The predicted molar refractivity (Wildman–Crippen MR) is 93.9 cm³/mol. The van der Waals surface area contributed by atoms with E-state index in [2.05, 4.69) is 9.97 Å². The fourth-order valence-electron chi connectivity index (χ4n) is 2.78. The Balaban J connectivity index is 1.79. The van der Waals surface area contributed by atoms with E-state index in [0.29, 0.717) is 41.7 Å². The number of rotatable bonds is 3. The van der Waals surface area contributed by atoms with Crippen molar-refractivity contribution >= 4 is 27.4 Å². The summed E-state index contributed by atoms with van der Waals surface area (Å²) in [6, 6.07) is 3.36. The standard InChI is InChI=1S/C16H19ClN4O2S/c1-12-10-15(13(2)9-14(12)17)24(22,23)21-7-5-20(6-8-21)16-11-18-3-4-19-16/h3-4,9-11H,5-8H2,1-2H3. The summed E-state index contributed by atoms with van der Waals surface area (Å²) in [7, 11) is -3.53. The molecule has 8 heteroatoms. The number of sulfonamides is 1. The van der Waals surface area contributed by atoms with Gasteiger partial charge in [0.1, 0.15) is 5.82 Å². The van der Waals surface area contributed by atoms with Crippen molar-refractivity contribution < 1.29 is 8.42 Å². The quantitative estimate of drug-likeness (QED) is 0.833. The van der Waals surface area contributed by atoms with E-state index in [-0.39, 0.29) is 0 Å². The van der Waals surface area contributed by atoms with Crippen molar-refractivity contribution in [3.8, 4) is 0 Å². The highest BCUT2D eigenvalue weighted by Crippen LogP contribution is 2.27. The summed E-state index contributed by atoms with van der Waals surface area (Å²) in [5.41, 5.74) is 1.43. The van der Waals surface area contributed by atoms with Crippen LogP contribution < -0.4 is 4.90 Å². The highest BCUT2D eigenvalue weighted by atomic mass is 35.5. The van der Waals surface area contributed by atoms with Gasteiger partial charge in [0.25, 0.3) is 0 Å². The first-order valence-electron chi connectivity index (χ1n) is 7.67. The van der Waals surface area contributed by atoms with Gasteiger partial charge in [-0.1, -0.05) is 11.6 Å². The fraction of sp³-hybridized carbons (Fsp3) is 0.375. The molecular formula is C16H19ClN4O2S. The Morgan fingerprint density at radius 1 is 1.04 bits per heavy atom. The summed E-state index contributed by atoms with van der Waals surface area (Å²) in [4.78, 5) is 10.7. The number of hydrogen-bond acceptors (Lipinski definition) is 5. The molecule has 0 spiro atoms. The summed E-state index contributed by atoms with van der Waals surface area (Å²) < 4.78 is 27.4. The largest absolute Gasteiger partial charge is 0.353 e. The molecule has 1 aromatic carbocycles. The van der Waals surface area contributed by atoms with Crippen LogP contribution >= 0.6 is 11.6 Å². The molecule has 0 bridgehead atoms. The van der Waals surface area contributed by atoms with E-state index in [1.165, 1.54) is 4.31 Å². The van der Waals surface area contributed by atoms with E-state index in [1.807, 2.05) is 11.8 Å². The molecule has 24 heavy (non-hydrogen) atoms. The number of aromatic nitrogens is 2. The van der Waals surface area contributed by atoms with Crippen molar-refractivity contribution in [3.63, 3.8) is 0 Å². The number of piperazine rings is 1. The monoisotopic (exact) mass is 366 g/mol. The summed E-state index contributed by atoms with van der Waals surface area (Å²) in [6.07, 6.45) is 4.95. The van der Waals surface area contributed by atoms with Crippen molar-refractivity contribution in [3.05, 3.63) is 46.9 Å². The van der Waals surface area contributed by atoms with Crippen molar-refractivity contribution in [1.29, 1.82) is 0 Å². The van der Waals surface area contributed by atoms with Gasteiger partial charge in [-0.15, -0.1) is 0 Å². The second-order valence-corrected chi connectivity index (χ2v) is 8.14. The van der Waals surface area contributed by atoms with Crippen LogP contribution in [0.25, 0.3) is 0 Å². The van der Waals surface area contributed by atoms with Gasteiger partial charge in [0, 0.05) is 43.6 Å². The minimum absolute atomic E-state index is 0.331. The zero-order valence-electron chi connectivity index (χ0n) is 13.6. The average molecular weight is 367 g/mol. The summed E-state index contributed by atoms with van der Waals surface area (Å²) >= 11 is 6.08. The Labute approximate surface area is 147 Å². The van der Waals surface area contributed by atoms with Crippen LogP contribution in [0, 0.1) is 13.8 Å². The molecule has 0 atom stereocenters. The molecule has 3 rings (SSSR count). The van der Waals surface area contributed by atoms with Crippen molar-refractivity contribution in [2.24, 2.45) is 0 Å². The first-order valence-corrected chi connectivity index (χ1v) is 9.49. The fourth-order valence-corrected chi connectivity index (χ4v) is 4.72. The third-order valence-corrected chi connectivity index (χ3v) is 6.63. The van der Waals surface area contributed by atoms with Crippen LogP contribution in [-0.4, -0.2) is 48.9 Å². The first kappa shape index (κ1) is 17.1. The molecule has 0 N–H and O–H groups in total. The number of halogens is 1. The van der Waals surface area contributed by atoms with Gasteiger partial charge in [0.2, 0.25) is 10.0 Å². The summed E-state index contributed by atoms with van der Waals surface area (Å²) in [6.45, 7) is 5.59. The maximum Gasteiger partial charge on any atom is 0.243 e. The van der Waals surface area contributed by atoms with Gasteiger partial charge in [0.15, 0.2) is 0 Å². The molecule has 6 nitrogen and oxygen atoms in total. The van der Waals surface area contributed by atoms with Crippen molar-refractivity contribution in [2.75, 3.05) is 31.1 Å².